The number of nitrogens with one attached hydrogen (secondary N) is 1. The highest BCUT2D eigenvalue weighted by Gasteiger charge is 2.18. The van der Waals surface area contributed by atoms with E-state index in [4.69, 9.17) is 0 Å². The molecular formula is C20H19FN4S. The Labute approximate surface area is 154 Å². The minimum absolute atomic E-state index is 0.308. The molecule has 4 aromatic rings. The van der Waals surface area contributed by atoms with Crippen molar-refractivity contribution >= 4 is 27.2 Å². The van der Waals surface area contributed by atoms with Crippen LogP contribution in [0.25, 0.3) is 27.0 Å². The van der Waals surface area contributed by atoms with E-state index in [0.717, 1.165) is 35.4 Å². The second kappa shape index (κ2) is 6.14. The minimum Gasteiger partial charge on any atom is -0.317 e. The Hall–Kier alpha value is -2.31. The van der Waals surface area contributed by atoms with Gasteiger partial charge in [0.25, 0.3) is 0 Å². The first-order valence-electron chi connectivity index (χ1n) is 8.93. The van der Waals surface area contributed by atoms with Crippen molar-refractivity contribution in [3.8, 4) is 11.1 Å². The lowest BCUT2D eigenvalue weighted by molar-refractivity contribution is 0.465. The predicted molar refractivity (Wildman–Crippen MR) is 103 cm³/mol. The van der Waals surface area contributed by atoms with Crippen LogP contribution < -0.4 is 5.32 Å². The van der Waals surface area contributed by atoms with Crippen molar-refractivity contribution in [2.75, 3.05) is 13.1 Å². The fourth-order valence-corrected chi connectivity index (χ4v) is 4.97. The van der Waals surface area contributed by atoms with Gasteiger partial charge in [-0.3, -0.25) is 4.98 Å². The van der Waals surface area contributed by atoms with Crippen molar-refractivity contribution in [3.05, 3.63) is 53.2 Å². The molecule has 5 rings (SSSR count). The number of aromatic nitrogens is 3. The molecule has 1 aliphatic heterocycles. The zero-order valence-electron chi connectivity index (χ0n) is 14.5. The van der Waals surface area contributed by atoms with Crippen molar-refractivity contribution < 1.29 is 4.39 Å². The SMILES string of the molecule is Cc1cn2cc(-c3cnc4cc(C5CCNCC5)sc4c3)cc(F)c2n1. The summed E-state index contributed by atoms with van der Waals surface area (Å²) >= 11 is 1.82. The number of halogens is 1. The van der Waals surface area contributed by atoms with Crippen LogP contribution in [-0.2, 0) is 0 Å². The molecule has 6 heteroatoms. The Kier molecular flexibility index (Phi) is 3.76. The van der Waals surface area contributed by atoms with Gasteiger partial charge in [0, 0.05) is 34.6 Å². The summed E-state index contributed by atoms with van der Waals surface area (Å²) in [5.74, 6) is 0.318. The van der Waals surface area contributed by atoms with E-state index in [1.165, 1.54) is 22.4 Å². The standard InChI is InChI=1S/C20H19FN4S/c1-12-10-25-11-15(6-16(21)20(25)24-12)14-7-19-17(23-9-14)8-18(26-19)13-2-4-22-5-3-13/h6-11,13,22H,2-5H2,1H3. The molecule has 0 unspecified atom stereocenters. The third-order valence-corrected chi connectivity index (χ3v) is 6.32. The van der Waals surface area contributed by atoms with Gasteiger partial charge in [-0.15, -0.1) is 11.3 Å². The third kappa shape index (κ3) is 2.70. The highest BCUT2D eigenvalue weighted by atomic mass is 32.1. The van der Waals surface area contributed by atoms with Crippen LogP contribution in [-0.4, -0.2) is 27.5 Å². The van der Waals surface area contributed by atoms with Crippen molar-refractivity contribution in [2.24, 2.45) is 0 Å². The van der Waals surface area contributed by atoms with E-state index in [0.29, 0.717) is 11.6 Å². The van der Waals surface area contributed by atoms with Crippen LogP contribution in [0, 0.1) is 12.7 Å². The molecule has 0 bridgehead atoms. The summed E-state index contributed by atoms with van der Waals surface area (Å²) < 4.78 is 17.3. The van der Waals surface area contributed by atoms with E-state index in [2.05, 4.69) is 27.4 Å². The lowest BCUT2D eigenvalue weighted by Gasteiger charge is -2.21. The Morgan fingerprint density at radius 3 is 2.85 bits per heavy atom. The number of piperidine rings is 1. The number of aryl methyl sites for hydroxylation is 1. The largest absolute Gasteiger partial charge is 0.317 e. The Morgan fingerprint density at radius 2 is 2.00 bits per heavy atom. The van der Waals surface area contributed by atoms with Gasteiger partial charge < -0.3 is 9.72 Å². The third-order valence-electron chi connectivity index (χ3n) is 5.09. The smallest absolute Gasteiger partial charge is 0.173 e. The molecule has 0 atom stereocenters. The molecule has 1 saturated heterocycles. The van der Waals surface area contributed by atoms with Crippen LogP contribution in [0.1, 0.15) is 29.3 Å². The molecule has 0 amide bonds. The minimum atomic E-state index is -0.308. The lowest BCUT2D eigenvalue weighted by atomic mass is 9.96. The molecule has 26 heavy (non-hydrogen) atoms. The number of thiophene rings is 1. The lowest BCUT2D eigenvalue weighted by Crippen LogP contribution is -2.26. The van der Waals surface area contributed by atoms with E-state index in [9.17, 15) is 4.39 Å². The summed E-state index contributed by atoms with van der Waals surface area (Å²) in [6.07, 6.45) is 7.96. The first-order valence-corrected chi connectivity index (χ1v) is 9.74. The van der Waals surface area contributed by atoms with Crippen molar-refractivity contribution in [2.45, 2.75) is 25.7 Å². The molecule has 5 heterocycles. The molecule has 132 valence electrons. The predicted octanol–water partition coefficient (Wildman–Crippen LogP) is 4.53. The van der Waals surface area contributed by atoms with Gasteiger partial charge in [0.15, 0.2) is 11.5 Å². The number of rotatable bonds is 2. The topological polar surface area (TPSA) is 42.2 Å². The summed E-state index contributed by atoms with van der Waals surface area (Å²) in [6.45, 7) is 4.04. The van der Waals surface area contributed by atoms with E-state index in [1.807, 2.05) is 36.9 Å². The van der Waals surface area contributed by atoms with Crippen LogP contribution in [0.5, 0.6) is 0 Å². The molecule has 4 nitrogen and oxygen atoms in total. The van der Waals surface area contributed by atoms with Gasteiger partial charge in [0.05, 0.1) is 15.9 Å². The Balaban J connectivity index is 1.56. The quantitative estimate of drug-likeness (QED) is 0.567. The monoisotopic (exact) mass is 366 g/mol. The zero-order chi connectivity index (χ0) is 17.7. The maximum absolute atomic E-state index is 14.4. The Bertz CT molecular complexity index is 1110. The van der Waals surface area contributed by atoms with Gasteiger partial charge in [0.1, 0.15) is 0 Å². The first kappa shape index (κ1) is 15.9. The van der Waals surface area contributed by atoms with E-state index >= 15 is 0 Å². The summed E-state index contributed by atoms with van der Waals surface area (Å²) in [6, 6.07) is 5.90. The van der Waals surface area contributed by atoms with E-state index < -0.39 is 0 Å². The number of hydrogen-bond donors (Lipinski definition) is 1. The van der Waals surface area contributed by atoms with Crippen molar-refractivity contribution in [1.29, 1.82) is 0 Å². The van der Waals surface area contributed by atoms with Crippen LogP contribution in [0.2, 0.25) is 0 Å². The van der Waals surface area contributed by atoms with Gasteiger partial charge in [-0.2, -0.15) is 0 Å². The van der Waals surface area contributed by atoms with E-state index in [1.54, 1.807) is 10.5 Å². The van der Waals surface area contributed by atoms with Crippen LogP contribution in [0.4, 0.5) is 4.39 Å². The van der Waals surface area contributed by atoms with Crippen molar-refractivity contribution in [3.63, 3.8) is 0 Å². The van der Waals surface area contributed by atoms with Crippen molar-refractivity contribution in [1.82, 2.24) is 19.7 Å². The molecule has 1 N–H and O–H groups in total. The molecule has 0 saturated carbocycles. The average Bonchev–Trinajstić information content (AvgIpc) is 3.24. The van der Waals surface area contributed by atoms with Gasteiger partial charge in [0.2, 0.25) is 0 Å². The molecule has 0 aliphatic carbocycles. The summed E-state index contributed by atoms with van der Waals surface area (Å²) in [5.41, 5.74) is 3.96. The normalized spacial score (nSPS) is 15.9. The molecule has 0 aromatic carbocycles. The molecule has 0 spiro atoms. The fourth-order valence-electron chi connectivity index (χ4n) is 3.74. The van der Waals surface area contributed by atoms with Gasteiger partial charge in [-0.25, -0.2) is 9.37 Å². The molecule has 1 fully saturated rings. The highest BCUT2D eigenvalue weighted by Crippen LogP contribution is 2.36. The number of pyridine rings is 2. The maximum Gasteiger partial charge on any atom is 0.173 e. The highest BCUT2D eigenvalue weighted by molar-refractivity contribution is 7.19. The Morgan fingerprint density at radius 1 is 1.15 bits per heavy atom. The second-order valence-corrected chi connectivity index (χ2v) is 8.09. The summed E-state index contributed by atoms with van der Waals surface area (Å²) in [5, 5.41) is 3.42. The number of nitrogens with zero attached hydrogens (tertiary/aromatic N) is 3. The first-order chi connectivity index (χ1) is 12.7. The molecule has 4 aromatic heterocycles. The number of fused-ring (bicyclic) bond motifs is 2. The summed E-state index contributed by atoms with van der Waals surface area (Å²) in [7, 11) is 0. The van der Waals surface area contributed by atoms with E-state index in [-0.39, 0.29) is 5.82 Å². The number of imidazole rings is 1. The van der Waals surface area contributed by atoms with Crippen LogP contribution in [0.15, 0.2) is 36.8 Å². The molecular weight excluding hydrogens is 347 g/mol. The average molecular weight is 366 g/mol. The molecule has 0 radical (unpaired) electrons. The van der Waals surface area contributed by atoms with Gasteiger partial charge in [-0.1, -0.05) is 0 Å². The second-order valence-electron chi connectivity index (χ2n) is 6.97. The maximum atomic E-state index is 14.4. The zero-order valence-corrected chi connectivity index (χ0v) is 15.3. The van der Waals surface area contributed by atoms with Gasteiger partial charge >= 0.3 is 0 Å². The fraction of sp³-hybridized carbons (Fsp3) is 0.300. The van der Waals surface area contributed by atoms with Crippen LogP contribution in [0.3, 0.4) is 0 Å². The van der Waals surface area contributed by atoms with Gasteiger partial charge in [-0.05, 0) is 57.0 Å². The summed E-state index contributed by atoms with van der Waals surface area (Å²) in [4.78, 5) is 10.3. The number of hydrogen-bond acceptors (Lipinski definition) is 4. The molecule has 1 aliphatic rings. The van der Waals surface area contributed by atoms with Crippen LogP contribution >= 0.6 is 11.3 Å².